The van der Waals surface area contributed by atoms with Gasteiger partial charge in [0.1, 0.15) is 12.4 Å². The number of hydrogen-bond acceptors (Lipinski definition) is 4. The summed E-state index contributed by atoms with van der Waals surface area (Å²) in [5.41, 5.74) is 2.06. The molecule has 2 heterocycles. The van der Waals surface area contributed by atoms with Crippen molar-refractivity contribution in [2.24, 2.45) is 0 Å². The van der Waals surface area contributed by atoms with Gasteiger partial charge in [0.25, 0.3) is 5.91 Å². The molecule has 2 aromatic carbocycles. The molecule has 1 fully saturated rings. The highest BCUT2D eigenvalue weighted by Gasteiger charge is 2.48. The van der Waals surface area contributed by atoms with Crippen LogP contribution in [0.4, 0.5) is 5.69 Å². The zero-order chi connectivity index (χ0) is 20.4. The predicted octanol–water partition coefficient (Wildman–Crippen LogP) is 3.06. The fourth-order valence-corrected chi connectivity index (χ4v) is 4.35. The van der Waals surface area contributed by atoms with Crippen LogP contribution in [0.2, 0.25) is 5.02 Å². The SMILES string of the molecule is CNC(=O)c1ccc(OCCN2CCC3(CC2)C(=O)Nc2ccc(Cl)cc23)cc1. The molecule has 0 unspecified atom stereocenters. The molecule has 152 valence electrons. The van der Waals surface area contributed by atoms with E-state index in [1.807, 2.05) is 18.2 Å². The Balaban J connectivity index is 1.30. The lowest BCUT2D eigenvalue weighted by molar-refractivity contribution is -0.122. The Bertz CT molecular complexity index is 921. The van der Waals surface area contributed by atoms with Crippen molar-refractivity contribution in [1.82, 2.24) is 10.2 Å². The van der Waals surface area contributed by atoms with Gasteiger partial charge in [-0.3, -0.25) is 14.5 Å². The summed E-state index contributed by atoms with van der Waals surface area (Å²) >= 11 is 6.18. The number of halogens is 1. The van der Waals surface area contributed by atoms with Crippen molar-refractivity contribution in [3.05, 3.63) is 58.6 Å². The third kappa shape index (κ3) is 3.82. The molecule has 2 aliphatic heterocycles. The number of ether oxygens (including phenoxy) is 1. The molecule has 0 aliphatic carbocycles. The number of benzene rings is 2. The van der Waals surface area contributed by atoms with Crippen LogP contribution in [-0.2, 0) is 10.2 Å². The highest BCUT2D eigenvalue weighted by atomic mass is 35.5. The van der Waals surface area contributed by atoms with Crippen molar-refractivity contribution in [3.8, 4) is 5.75 Å². The largest absolute Gasteiger partial charge is 0.492 e. The number of anilines is 1. The number of nitrogens with zero attached hydrogens (tertiary/aromatic N) is 1. The van der Waals surface area contributed by atoms with E-state index < -0.39 is 5.41 Å². The fraction of sp³-hybridized carbons (Fsp3) is 0.364. The maximum atomic E-state index is 12.7. The summed E-state index contributed by atoms with van der Waals surface area (Å²) < 4.78 is 5.82. The first kappa shape index (κ1) is 19.7. The summed E-state index contributed by atoms with van der Waals surface area (Å²) in [7, 11) is 1.61. The summed E-state index contributed by atoms with van der Waals surface area (Å²) in [6.45, 7) is 3.01. The molecule has 0 atom stereocenters. The van der Waals surface area contributed by atoms with Gasteiger partial charge in [-0.2, -0.15) is 0 Å². The quantitative estimate of drug-likeness (QED) is 0.790. The minimum Gasteiger partial charge on any atom is -0.492 e. The number of hydrogen-bond donors (Lipinski definition) is 2. The van der Waals surface area contributed by atoms with Crippen molar-refractivity contribution in [2.45, 2.75) is 18.3 Å². The predicted molar refractivity (Wildman–Crippen MR) is 113 cm³/mol. The van der Waals surface area contributed by atoms with Gasteiger partial charge in [-0.05, 0) is 74.0 Å². The molecule has 0 bridgehead atoms. The number of carbonyl (C=O) groups is 2. The van der Waals surface area contributed by atoms with Crippen molar-refractivity contribution in [1.29, 1.82) is 0 Å². The molecule has 29 heavy (non-hydrogen) atoms. The first-order valence-electron chi connectivity index (χ1n) is 9.81. The van der Waals surface area contributed by atoms with E-state index in [0.717, 1.165) is 49.5 Å². The van der Waals surface area contributed by atoms with E-state index in [0.29, 0.717) is 17.2 Å². The number of likely N-dealkylation sites (tertiary alicyclic amines) is 1. The Kier molecular flexibility index (Phi) is 5.48. The Morgan fingerprint density at radius 3 is 2.62 bits per heavy atom. The molecule has 2 aliphatic rings. The Morgan fingerprint density at radius 1 is 1.21 bits per heavy atom. The number of amides is 2. The van der Waals surface area contributed by atoms with Crippen LogP contribution in [0, 0.1) is 0 Å². The van der Waals surface area contributed by atoms with E-state index in [-0.39, 0.29) is 11.8 Å². The third-order valence-corrected chi connectivity index (χ3v) is 6.14. The van der Waals surface area contributed by atoms with Crippen LogP contribution in [0.1, 0.15) is 28.8 Å². The monoisotopic (exact) mass is 413 g/mol. The number of fused-ring (bicyclic) bond motifs is 2. The molecular formula is C22H24ClN3O3. The maximum Gasteiger partial charge on any atom is 0.251 e. The third-order valence-electron chi connectivity index (χ3n) is 5.91. The van der Waals surface area contributed by atoms with E-state index in [4.69, 9.17) is 16.3 Å². The van der Waals surface area contributed by atoms with Crippen LogP contribution < -0.4 is 15.4 Å². The molecule has 2 N–H and O–H groups in total. The van der Waals surface area contributed by atoms with Crippen LogP contribution in [0.15, 0.2) is 42.5 Å². The summed E-state index contributed by atoms with van der Waals surface area (Å²) in [6.07, 6.45) is 1.54. The lowest BCUT2D eigenvalue weighted by atomic mass is 9.73. The van der Waals surface area contributed by atoms with Crippen molar-refractivity contribution in [3.63, 3.8) is 0 Å². The van der Waals surface area contributed by atoms with Gasteiger partial charge in [0, 0.05) is 29.9 Å². The van der Waals surface area contributed by atoms with E-state index in [1.54, 1.807) is 31.3 Å². The topological polar surface area (TPSA) is 70.7 Å². The molecule has 1 saturated heterocycles. The minimum absolute atomic E-state index is 0.0851. The standard InChI is InChI=1S/C22H24ClN3O3/c1-24-20(27)15-2-5-17(6-3-15)29-13-12-26-10-8-22(9-11-26)18-14-16(23)4-7-19(18)25-21(22)28/h2-7,14H,8-13H2,1H3,(H,24,27)(H,25,28). The zero-order valence-corrected chi connectivity index (χ0v) is 17.1. The van der Waals surface area contributed by atoms with Crippen LogP contribution in [0.5, 0.6) is 5.75 Å². The van der Waals surface area contributed by atoms with Crippen molar-refractivity contribution in [2.75, 3.05) is 38.6 Å². The normalized spacial score (nSPS) is 17.7. The van der Waals surface area contributed by atoms with Gasteiger partial charge in [0.05, 0.1) is 5.41 Å². The average molecular weight is 414 g/mol. The van der Waals surface area contributed by atoms with Crippen LogP contribution in [0.25, 0.3) is 0 Å². The molecule has 0 saturated carbocycles. The van der Waals surface area contributed by atoms with Crippen LogP contribution in [0.3, 0.4) is 0 Å². The second-order valence-electron chi connectivity index (χ2n) is 7.52. The highest BCUT2D eigenvalue weighted by Crippen LogP contribution is 2.45. The second kappa shape index (κ2) is 8.05. The van der Waals surface area contributed by atoms with Crippen molar-refractivity contribution >= 4 is 29.1 Å². The van der Waals surface area contributed by atoms with Gasteiger partial charge in [-0.15, -0.1) is 0 Å². The van der Waals surface area contributed by atoms with E-state index in [9.17, 15) is 9.59 Å². The molecule has 2 amide bonds. The molecule has 1 spiro atoms. The van der Waals surface area contributed by atoms with Gasteiger partial charge < -0.3 is 15.4 Å². The van der Waals surface area contributed by atoms with E-state index in [2.05, 4.69) is 15.5 Å². The molecule has 0 aromatic heterocycles. The van der Waals surface area contributed by atoms with Crippen LogP contribution in [-0.4, -0.2) is 50.0 Å². The molecular weight excluding hydrogens is 390 g/mol. The Hall–Kier alpha value is -2.57. The summed E-state index contributed by atoms with van der Waals surface area (Å²) in [6, 6.07) is 12.7. The van der Waals surface area contributed by atoms with Gasteiger partial charge in [-0.25, -0.2) is 0 Å². The lowest BCUT2D eigenvalue weighted by Crippen LogP contribution is -2.47. The molecule has 2 aromatic rings. The Morgan fingerprint density at radius 2 is 1.93 bits per heavy atom. The minimum atomic E-state index is -0.465. The zero-order valence-electron chi connectivity index (χ0n) is 16.3. The molecule has 6 nitrogen and oxygen atoms in total. The number of nitrogens with one attached hydrogen (secondary N) is 2. The fourth-order valence-electron chi connectivity index (χ4n) is 4.18. The number of rotatable bonds is 5. The molecule has 4 rings (SSSR count). The number of carbonyl (C=O) groups excluding carboxylic acids is 2. The summed E-state index contributed by atoms with van der Waals surface area (Å²) in [5.74, 6) is 0.712. The molecule has 7 heteroatoms. The lowest BCUT2D eigenvalue weighted by Gasteiger charge is -2.37. The second-order valence-corrected chi connectivity index (χ2v) is 7.96. The van der Waals surface area contributed by atoms with Gasteiger partial charge >= 0.3 is 0 Å². The first-order chi connectivity index (χ1) is 14.0. The summed E-state index contributed by atoms with van der Waals surface area (Å²) in [5, 5.41) is 6.27. The van der Waals surface area contributed by atoms with Gasteiger partial charge in [-0.1, -0.05) is 11.6 Å². The first-order valence-corrected chi connectivity index (χ1v) is 10.2. The summed E-state index contributed by atoms with van der Waals surface area (Å²) in [4.78, 5) is 26.6. The maximum absolute atomic E-state index is 12.7. The Labute approximate surface area is 175 Å². The van der Waals surface area contributed by atoms with Gasteiger partial charge in [0.15, 0.2) is 0 Å². The van der Waals surface area contributed by atoms with Crippen LogP contribution >= 0.6 is 11.6 Å². The molecule has 0 radical (unpaired) electrons. The van der Waals surface area contributed by atoms with E-state index in [1.165, 1.54) is 0 Å². The van der Waals surface area contributed by atoms with Gasteiger partial charge in [0.2, 0.25) is 5.91 Å². The number of piperidine rings is 1. The highest BCUT2D eigenvalue weighted by molar-refractivity contribution is 6.31. The van der Waals surface area contributed by atoms with Crippen molar-refractivity contribution < 1.29 is 14.3 Å². The smallest absolute Gasteiger partial charge is 0.251 e. The average Bonchev–Trinajstić information content (AvgIpc) is 3.00. The van der Waals surface area contributed by atoms with E-state index >= 15 is 0 Å².